The molecule has 7 heteroatoms. The highest BCUT2D eigenvalue weighted by Gasteiger charge is 2.12. The molecule has 5 aromatic rings. The fourth-order valence-electron chi connectivity index (χ4n) is 4.14. The molecule has 3 aromatic carbocycles. The van der Waals surface area contributed by atoms with E-state index >= 15 is 0 Å². The summed E-state index contributed by atoms with van der Waals surface area (Å²) in [7, 11) is 0. The highest BCUT2D eigenvalue weighted by molar-refractivity contribution is 5.72. The van der Waals surface area contributed by atoms with Crippen molar-refractivity contribution in [2.75, 3.05) is 0 Å². The molecule has 174 valence electrons. The van der Waals surface area contributed by atoms with E-state index in [9.17, 15) is 4.79 Å². The number of tetrazole rings is 1. The second kappa shape index (κ2) is 10.2. The van der Waals surface area contributed by atoms with E-state index in [1.54, 1.807) is 15.6 Å². The highest BCUT2D eigenvalue weighted by atomic mass is 16.1. The van der Waals surface area contributed by atoms with Crippen LogP contribution in [0.4, 0.5) is 0 Å². The Bertz CT molecular complexity index is 1480. The van der Waals surface area contributed by atoms with Gasteiger partial charge in [0, 0.05) is 11.8 Å². The largest absolute Gasteiger partial charge is 0.329 e. The molecule has 0 bridgehead atoms. The Kier molecular flexibility index (Phi) is 6.48. The topological polar surface area (TPSA) is 70.5 Å². The number of aromatic nitrogens is 6. The molecule has 0 radical (unpaired) electrons. The molecule has 0 aliphatic carbocycles. The second-order valence-electron chi connectivity index (χ2n) is 8.32. The van der Waals surface area contributed by atoms with Crippen molar-refractivity contribution in [3.63, 3.8) is 0 Å². The van der Waals surface area contributed by atoms with Crippen molar-refractivity contribution < 1.29 is 0 Å². The number of nitrogens with zero attached hydrogens (tertiary/aromatic N) is 6. The quantitative estimate of drug-likeness (QED) is 0.332. The van der Waals surface area contributed by atoms with E-state index in [1.807, 2.05) is 71.4 Å². The number of rotatable bonds is 8. The standard InChI is InChI=1S/C28H26N6O/c1-2-3-11-25-20-32(18-22-9-5-4-6-10-22)28(35)33(25)19-23-14-16-24(17-15-23)26-12-7-8-13-27(26)34-21-29-30-31-34/h3-17,20-21H,2,18-19H2,1H3. The van der Waals surface area contributed by atoms with E-state index in [0.29, 0.717) is 13.1 Å². The second-order valence-corrected chi connectivity index (χ2v) is 8.32. The molecule has 0 spiro atoms. The smallest absolute Gasteiger partial charge is 0.294 e. The van der Waals surface area contributed by atoms with Crippen LogP contribution < -0.4 is 5.69 Å². The Balaban J connectivity index is 1.44. The van der Waals surface area contributed by atoms with Gasteiger partial charge in [-0.3, -0.25) is 9.13 Å². The number of hydrogen-bond acceptors (Lipinski definition) is 4. The van der Waals surface area contributed by atoms with E-state index in [4.69, 9.17) is 0 Å². The van der Waals surface area contributed by atoms with Crippen LogP contribution in [0, 0.1) is 0 Å². The van der Waals surface area contributed by atoms with Crippen molar-refractivity contribution in [2.45, 2.75) is 26.4 Å². The van der Waals surface area contributed by atoms with Gasteiger partial charge in [0.2, 0.25) is 0 Å². The van der Waals surface area contributed by atoms with Crippen LogP contribution in [-0.4, -0.2) is 29.3 Å². The van der Waals surface area contributed by atoms with Crippen molar-refractivity contribution in [3.05, 3.63) is 125 Å². The minimum Gasteiger partial charge on any atom is -0.294 e. The average Bonchev–Trinajstić information content (AvgIpc) is 3.54. The predicted molar refractivity (Wildman–Crippen MR) is 137 cm³/mol. The Morgan fingerprint density at radius 3 is 2.34 bits per heavy atom. The van der Waals surface area contributed by atoms with Crippen molar-refractivity contribution in [2.24, 2.45) is 0 Å². The molecule has 0 saturated heterocycles. The zero-order valence-corrected chi connectivity index (χ0v) is 19.5. The number of allylic oxidation sites excluding steroid dienone is 1. The van der Waals surface area contributed by atoms with Crippen molar-refractivity contribution in [3.8, 4) is 16.8 Å². The summed E-state index contributed by atoms with van der Waals surface area (Å²) in [6.07, 6.45) is 8.55. The lowest BCUT2D eigenvalue weighted by molar-refractivity contribution is 0.682. The number of benzene rings is 3. The zero-order valence-electron chi connectivity index (χ0n) is 19.5. The maximum absolute atomic E-state index is 13.3. The van der Waals surface area contributed by atoms with Crippen molar-refractivity contribution in [1.29, 1.82) is 0 Å². The lowest BCUT2D eigenvalue weighted by atomic mass is 10.0. The van der Waals surface area contributed by atoms with Crippen LogP contribution in [0.25, 0.3) is 22.9 Å². The summed E-state index contributed by atoms with van der Waals surface area (Å²) in [6, 6.07) is 26.3. The monoisotopic (exact) mass is 462 g/mol. The molecular weight excluding hydrogens is 436 g/mol. The van der Waals surface area contributed by atoms with E-state index in [0.717, 1.165) is 40.1 Å². The Labute approximate surface area is 203 Å². The SMILES string of the molecule is CCC=Cc1cn(Cc2ccccc2)c(=O)n1Cc1ccc(-c2ccccc2-n2cnnn2)cc1. The molecule has 35 heavy (non-hydrogen) atoms. The van der Waals surface area contributed by atoms with Gasteiger partial charge in [-0.15, -0.1) is 5.10 Å². The maximum atomic E-state index is 13.3. The first kappa shape index (κ1) is 22.3. The van der Waals surface area contributed by atoms with Gasteiger partial charge in [-0.1, -0.05) is 85.8 Å². The lowest BCUT2D eigenvalue weighted by Gasteiger charge is -2.10. The normalized spacial score (nSPS) is 11.3. The maximum Gasteiger partial charge on any atom is 0.329 e. The molecular formula is C28H26N6O. The fraction of sp³-hybridized carbons (Fsp3) is 0.143. The summed E-state index contributed by atoms with van der Waals surface area (Å²) in [6.45, 7) is 3.14. The summed E-state index contributed by atoms with van der Waals surface area (Å²) in [4.78, 5) is 13.3. The molecule has 7 nitrogen and oxygen atoms in total. The molecule has 0 N–H and O–H groups in total. The molecule has 0 unspecified atom stereocenters. The highest BCUT2D eigenvalue weighted by Crippen LogP contribution is 2.26. The zero-order chi connectivity index (χ0) is 24.0. The van der Waals surface area contributed by atoms with Gasteiger partial charge in [0.15, 0.2) is 0 Å². The van der Waals surface area contributed by atoms with E-state index in [2.05, 4.69) is 52.8 Å². The van der Waals surface area contributed by atoms with Gasteiger partial charge in [-0.25, -0.2) is 4.79 Å². The summed E-state index contributed by atoms with van der Waals surface area (Å²) < 4.78 is 5.27. The first-order chi connectivity index (χ1) is 17.2. The van der Waals surface area contributed by atoms with Crippen LogP contribution in [0.5, 0.6) is 0 Å². The third kappa shape index (κ3) is 4.89. The summed E-state index contributed by atoms with van der Waals surface area (Å²) >= 11 is 0. The van der Waals surface area contributed by atoms with Crippen LogP contribution in [-0.2, 0) is 13.1 Å². The van der Waals surface area contributed by atoms with Crippen molar-refractivity contribution >= 4 is 6.08 Å². The molecule has 2 heterocycles. The van der Waals surface area contributed by atoms with Gasteiger partial charge < -0.3 is 0 Å². The predicted octanol–water partition coefficient (Wildman–Crippen LogP) is 4.81. The molecule has 0 aliphatic heterocycles. The molecule has 0 fully saturated rings. The third-order valence-corrected chi connectivity index (χ3v) is 5.90. The van der Waals surface area contributed by atoms with Gasteiger partial charge in [0.1, 0.15) is 6.33 Å². The Morgan fingerprint density at radius 2 is 1.60 bits per heavy atom. The van der Waals surface area contributed by atoms with E-state index in [-0.39, 0.29) is 5.69 Å². The van der Waals surface area contributed by atoms with Crippen LogP contribution in [0.15, 0.2) is 102 Å². The van der Waals surface area contributed by atoms with Gasteiger partial charge >= 0.3 is 5.69 Å². The van der Waals surface area contributed by atoms with Gasteiger partial charge in [-0.05, 0) is 45.7 Å². The van der Waals surface area contributed by atoms with Gasteiger partial charge in [0.25, 0.3) is 0 Å². The van der Waals surface area contributed by atoms with E-state index < -0.39 is 0 Å². The summed E-state index contributed by atoms with van der Waals surface area (Å²) in [5, 5.41) is 11.5. The number of hydrogen-bond donors (Lipinski definition) is 0. The van der Waals surface area contributed by atoms with Crippen LogP contribution >= 0.6 is 0 Å². The first-order valence-electron chi connectivity index (χ1n) is 11.6. The molecule has 0 atom stereocenters. The lowest BCUT2D eigenvalue weighted by Crippen LogP contribution is -2.25. The number of para-hydroxylation sites is 1. The average molecular weight is 463 g/mol. The minimum atomic E-state index is -0.0160. The third-order valence-electron chi connectivity index (χ3n) is 5.90. The molecule has 5 rings (SSSR count). The summed E-state index contributed by atoms with van der Waals surface area (Å²) in [5.74, 6) is 0. The van der Waals surface area contributed by atoms with Crippen molar-refractivity contribution in [1.82, 2.24) is 29.3 Å². The molecule has 0 saturated carbocycles. The fourth-order valence-corrected chi connectivity index (χ4v) is 4.14. The first-order valence-corrected chi connectivity index (χ1v) is 11.6. The Hall–Kier alpha value is -4.52. The van der Waals surface area contributed by atoms with Crippen LogP contribution in [0.3, 0.4) is 0 Å². The number of imidazole rings is 1. The van der Waals surface area contributed by atoms with E-state index in [1.165, 1.54) is 0 Å². The Morgan fingerprint density at radius 1 is 0.857 bits per heavy atom. The van der Waals surface area contributed by atoms with Crippen LogP contribution in [0.2, 0.25) is 0 Å². The molecule has 0 amide bonds. The van der Waals surface area contributed by atoms with Gasteiger partial charge in [0.05, 0.1) is 24.5 Å². The minimum absolute atomic E-state index is 0.0160. The molecule has 2 aromatic heterocycles. The molecule has 0 aliphatic rings. The summed E-state index contributed by atoms with van der Waals surface area (Å²) in [5.41, 5.74) is 6.04. The van der Waals surface area contributed by atoms with Gasteiger partial charge in [-0.2, -0.15) is 4.68 Å². The van der Waals surface area contributed by atoms with Crippen LogP contribution in [0.1, 0.15) is 30.2 Å².